The molecule has 0 saturated carbocycles. The molecular weight excluding hydrogens is 450 g/mol. The first-order valence-electron chi connectivity index (χ1n) is 10.3. The van der Waals surface area contributed by atoms with Crippen molar-refractivity contribution in [3.8, 4) is 0 Å². The molecule has 174 valence electrons. The van der Waals surface area contributed by atoms with Crippen molar-refractivity contribution in [2.24, 2.45) is 0 Å². The van der Waals surface area contributed by atoms with Gasteiger partial charge in [-0.15, -0.1) is 0 Å². The van der Waals surface area contributed by atoms with Crippen molar-refractivity contribution >= 4 is 39.1 Å². The van der Waals surface area contributed by atoms with Crippen LogP contribution in [0.3, 0.4) is 0 Å². The second-order valence-electron chi connectivity index (χ2n) is 8.10. The Morgan fingerprint density at radius 1 is 1.06 bits per heavy atom. The van der Waals surface area contributed by atoms with E-state index in [-0.39, 0.29) is 18.5 Å². The highest BCUT2D eigenvalue weighted by molar-refractivity contribution is 7.92. The normalized spacial score (nSPS) is 12.3. The SMILES string of the molecule is Cc1cccc(CN(C(=O)CN(c2ccc(Cl)cc2)S(C)(=O)=O)[C@H](C)C(=O)NC(C)C)c1. The molecular formula is C23H30ClN3O4S. The lowest BCUT2D eigenvalue weighted by molar-refractivity contribution is -0.139. The Bertz CT molecular complexity index is 1060. The van der Waals surface area contributed by atoms with Crippen molar-refractivity contribution in [2.45, 2.75) is 46.3 Å². The number of carbonyl (C=O) groups excluding carboxylic acids is 2. The van der Waals surface area contributed by atoms with Crippen molar-refractivity contribution in [1.82, 2.24) is 10.2 Å². The third-order valence-corrected chi connectivity index (χ3v) is 6.22. The molecule has 0 aliphatic rings. The Hall–Kier alpha value is -2.58. The Morgan fingerprint density at radius 3 is 2.22 bits per heavy atom. The summed E-state index contributed by atoms with van der Waals surface area (Å²) in [4.78, 5) is 27.5. The maximum atomic E-state index is 13.4. The average molecular weight is 480 g/mol. The van der Waals surface area contributed by atoms with Gasteiger partial charge in [-0.2, -0.15) is 0 Å². The van der Waals surface area contributed by atoms with E-state index in [9.17, 15) is 18.0 Å². The van der Waals surface area contributed by atoms with Crippen LogP contribution >= 0.6 is 11.6 Å². The minimum Gasteiger partial charge on any atom is -0.352 e. The predicted octanol–water partition coefficient (Wildman–Crippen LogP) is 3.36. The minimum absolute atomic E-state index is 0.0949. The molecule has 0 radical (unpaired) electrons. The lowest BCUT2D eigenvalue weighted by atomic mass is 10.1. The van der Waals surface area contributed by atoms with Crippen molar-refractivity contribution in [3.63, 3.8) is 0 Å². The molecule has 2 aromatic carbocycles. The van der Waals surface area contributed by atoms with Gasteiger partial charge >= 0.3 is 0 Å². The van der Waals surface area contributed by atoms with E-state index >= 15 is 0 Å². The number of aryl methyl sites for hydroxylation is 1. The first-order chi connectivity index (χ1) is 14.9. The zero-order valence-electron chi connectivity index (χ0n) is 19.0. The quantitative estimate of drug-likeness (QED) is 0.597. The number of hydrogen-bond acceptors (Lipinski definition) is 4. The van der Waals surface area contributed by atoms with Crippen LogP contribution < -0.4 is 9.62 Å². The maximum Gasteiger partial charge on any atom is 0.244 e. The number of sulfonamides is 1. The second-order valence-corrected chi connectivity index (χ2v) is 10.4. The van der Waals surface area contributed by atoms with Gasteiger partial charge in [-0.1, -0.05) is 41.4 Å². The van der Waals surface area contributed by atoms with E-state index in [1.54, 1.807) is 19.1 Å². The maximum absolute atomic E-state index is 13.4. The van der Waals surface area contributed by atoms with Gasteiger partial charge in [-0.25, -0.2) is 8.42 Å². The van der Waals surface area contributed by atoms with E-state index in [0.717, 1.165) is 21.7 Å². The number of carbonyl (C=O) groups is 2. The predicted molar refractivity (Wildman–Crippen MR) is 128 cm³/mol. The summed E-state index contributed by atoms with van der Waals surface area (Å²) in [6, 6.07) is 12.9. The van der Waals surface area contributed by atoms with E-state index in [1.807, 2.05) is 45.0 Å². The van der Waals surface area contributed by atoms with Gasteiger partial charge in [0.05, 0.1) is 11.9 Å². The number of halogens is 1. The summed E-state index contributed by atoms with van der Waals surface area (Å²) < 4.78 is 26.0. The molecule has 0 fully saturated rings. The van der Waals surface area contributed by atoms with Gasteiger partial charge in [0.1, 0.15) is 12.6 Å². The monoisotopic (exact) mass is 479 g/mol. The van der Waals surface area contributed by atoms with E-state index < -0.39 is 28.5 Å². The minimum atomic E-state index is -3.76. The topological polar surface area (TPSA) is 86.8 Å². The Morgan fingerprint density at radius 2 is 1.69 bits per heavy atom. The summed E-state index contributed by atoms with van der Waals surface area (Å²) in [5, 5.41) is 3.27. The summed E-state index contributed by atoms with van der Waals surface area (Å²) >= 11 is 5.92. The molecule has 9 heteroatoms. The highest BCUT2D eigenvalue weighted by Crippen LogP contribution is 2.21. The number of rotatable bonds is 9. The number of benzene rings is 2. The van der Waals surface area contributed by atoms with Crippen molar-refractivity contribution < 1.29 is 18.0 Å². The summed E-state index contributed by atoms with van der Waals surface area (Å²) in [5.41, 5.74) is 2.19. The number of hydrogen-bond donors (Lipinski definition) is 1. The molecule has 7 nitrogen and oxygen atoms in total. The molecule has 0 heterocycles. The molecule has 2 amide bonds. The van der Waals surface area contributed by atoms with Gasteiger partial charge in [0.25, 0.3) is 0 Å². The molecule has 1 atom stereocenters. The first-order valence-corrected chi connectivity index (χ1v) is 12.5. The summed E-state index contributed by atoms with van der Waals surface area (Å²) in [6.07, 6.45) is 1.04. The molecule has 0 bridgehead atoms. The van der Waals surface area contributed by atoms with Crippen LogP contribution in [0.5, 0.6) is 0 Å². The van der Waals surface area contributed by atoms with Gasteiger partial charge in [0.15, 0.2) is 0 Å². The highest BCUT2D eigenvalue weighted by atomic mass is 35.5. The summed E-state index contributed by atoms with van der Waals surface area (Å²) in [7, 11) is -3.76. The number of nitrogens with one attached hydrogen (secondary N) is 1. The third-order valence-electron chi connectivity index (χ3n) is 4.83. The molecule has 1 N–H and O–H groups in total. The second kappa shape index (κ2) is 10.8. The average Bonchev–Trinajstić information content (AvgIpc) is 2.69. The number of nitrogens with zero attached hydrogens (tertiary/aromatic N) is 2. The number of amides is 2. The van der Waals surface area contributed by atoms with E-state index in [0.29, 0.717) is 10.7 Å². The third kappa shape index (κ3) is 7.24. The zero-order chi connectivity index (χ0) is 24.1. The van der Waals surface area contributed by atoms with Crippen molar-refractivity contribution in [3.05, 3.63) is 64.7 Å². The molecule has 0 aliphatic heterocycles. The first kappa shape index (κ1) is 25.7. The Kier molecular flexibility index (Phi) is 8.69. The largest absolute Gasteiger partial charge is 0.352 e. The molecule has 2 aromatic rings. The van der Waals surface area contributed by atoms with Crippen molar-refractivity contribution in [1.29, 1.82) is 0 Å². The van der Waals surface area contributed by atoms with Gasteiger partial charge < -0.3 is 10.2 Å². The standard InChI is InChI=1S/C23H30ClN3O4S/c1-16(2)25-23(29)18(4)26(14-19-8-6-7-17(3)13-19)22(28)15-27(32(5,30)31)21-11-9-20(24)10-12-21/h6-13,16,18H,14-15H2,1-5H3,(H,25,29)/t18-/m1/s1. The lowest BCUT2D eigenvalue weighted by Gasteiger charge is -2.32. The fourth-order valence-electron chi connectivity index (χ4n) is 3.22. The highest BCUT2D eigenvalue weighted by Gasteiger charge is 2.30. The van der Waals surface area contributed by atoms with Gasteiger partial charge in [-0.3, -0.25) is 13.9 Å². The van der Waals surface area contributed by atoms with Gasteiger partial charge in [0.2, 0.25) is 21.8 Å². The van der Waals surface area contributed by atoms with Crippen LogP contribution in [0.15, 0.2) is 48.5 Å². The van der Waals surface area contributed by atoms with E-state index in [2.05, 4.69) is 5.32 Å². The van der Waals surface area contributed by atoms with Gasteiger partial charge in [-0.05, 0) is 57.5 Å². The Labute approximate surface area is 195 Å². The van der Waals surface area contributed by atoms with E-state index in [1.165, 1.54) is 17.0 Å². The fraction of sp³-hybridized carbons (Fsp3) is 0.391. The van der Waals surface area contributed by atoms with Crippen LogP contribution in [0, 0.1) is 6.92 Å². The van der Waals surface area contributed by atoms with Crippen molar-refractivity contribution in [2.75, 3.05) is 17.1 Å². The van der Waals surface area contributed by atoms with Crippen LogP contribution in [0.2, 0.25) is 5.02 Å². The van der Waals surface area contributed by atoms with Crippen LogP contribution in [0.1, 0.15) is 31.9 Å². The van der Waals surface area contributed by atoms with Gasteiger partial charge in [0, 0.05) is 17.6 Å². The lowest BCUT2D eigenvalue weighted by Crippen LogP contribution is -2.52. The van der Waals surface area contributed by atoms with Crippen LogP contribution in [0.25, 0.3) is 0 Å². The molecule has 0 aromatic heterocycles. The Balaban J connectivity index is 2.38. The van der Waals surface area contributed by atoms with E-state index in [4.69, 9.17) is 11.6 Å². The molecule has 0 spiro atoms. The molecule has 0 unspecified atom stereocenters. The molecule has 32 heavy (non-hydrogen) atoms. The van der Waals surface area contributed by atoms with Crippen LogP contribution in [0.4, 0.5) is 5.69 Å². The number of anilines is 1. The molecule has 0 saturated heterocycles. The fourth-order valence-corrected chi connectivity index (χ4v) is 4.19. The zero-order valence-corrected chi connectivity index (χ0v) is 20.6. The molecule has 0 aliphatic carbocycles. The van der Waals surface area contributed by atoms with Crippen LogP contribution in [-0.2, 0) is 26.2 Å². The summed E-state index contributed by atoms with van der Waals surface area (Å²) in [6.45, 7) is 6.98. The molecule has 2 rings (SSSR count). The smallest absolute Gasteiger partial charge is 0.244 e. The summed E-state index contributed by atoms with van der Waals surface area (Å²) in [5.74, 6) is -0.795. The van der Waals surface area contributed by atoms with Crippen LogP contribution in [-0.4, -0.2) is 50.0 Å².